The number of azo groups is 1. The first-order chi connectivity index (χ1) is 13.0. The van der Waals surface area contributed by atoms with Crippen molar-refractivity contribution in [2.75, 3.05) is 0 Å². The smallest absolute Gasteiger partial charge is 0.196 e. The lowest BCUT2D eigenvalue weighted by molar-refractivity contribution is -0.119. The van der Waals surface area contributed by atoms with Crippen molar-refractivity contribution in [1.29, 1.82) is 0 Å². The zero-order valence-electron chi connectivity index (χ0n) is 15.4. The molecular formula is C22H21N3O2. The van der Waals surface area contributed by atoms with Crippen LogP contribution in [0.1, 0.15) is 31.4 Å². The van der Waals surface area contributed by atoms with Crippen molar-refractivity contribution in [2.45, 2.75) is 26.7 Å². The average Bonchev–Trinajstić information content (AvgIpc) is 3.19. The highest BCUT2D eigenvalue weighted by Gasteiger charge is 2.12. The number of ketones is 1. The van der Waals surface area contributed by atoms with Gasteiger partial charge < -0.3 is 10.1 Å². The summed E-state index contributed by atoms with van der Waals surface area (Å²) in [6, 6.07) is 11.7. The first-order valence-electron chi connectivity index (χ1n) is 9.08. The van der Waals surface area contributed by atoms with E-state index in [2.05, 4.69) is 15.2 Å². The second kappa shape index (κ2) is 6.83. The number of aromatic amines is 1. The molecule has 0 spiro atoms. The molecule has 2 N–H and O–H groups in total. The van der Waals surface area contributed by atoms with Crippen LogP contribution in [0.4, 0.5) is 5.69 Å². The molecule has 1 aromatic heterocycles. The summed E-state index contributed by atoms with van der Waals surface area (Å²) in [7, 11) is 0. The second-order valence-corrected chi connectivity index (χ2v) is 7.39. The first-order valence-corrected chi connectivity index (χ1v) is 9.08. The number of nitrogens with one attached hydrogen (secondary N) is 1. The van der Waals surface area contributed by atoms with Gasteiger partial charge in [0.2, 0.25) is 0 Å². The van der Waals surface area contributed by atoms with Crippen LogP contribution in [-0.4, -0.2) is 15.9 Å². The number of carbonyl (C=O) groups excluding carboxylic acids is 1. The Labute approximate surface area is 156 Å². The predicted octanol–water partition coefficient (Wildman–Crippen LogP) is 3.70. The highest BCUT2D eigenvalue weighted by Crippen LogP contribution is 2.29. The van der Waals surface area contributed by atoms with Crippen LogP contribution in [0.5, 0.6) is 5.88 Å². The molecule has 0 saturated heterocycles. The van der Waals surface area contributed by atoms with Crippen molar-refractivity contribution in [3.63, 3.8) is 0 Å². The quantitative estimate of drug-likeness (QED) is 0.729. The molecule has 0 aliphatic carbocycles. The molecule has 5 nitrogen and oxygen atoms in total. The summed E-state index contributed by atoms with van der Waals surface area (Å²) in [5, 5.41) is 21.2. The Bertz CT molecular complexity index is 1190. The number of Topliss-reactive ketones (excluding diaryl/α,β-unsaturated/α-hetero) is 1. The fraction of sp³-hybridized carbons (Fsp3) is 0.227. The summed E-state index contributed by atoms with van der Waals surface area (Å²) < 4.78 is 0. The standard InChI is InChI=1S/C22H21N3O2/c1-13(2)7-17(26)8-14-4-6-20-18(9-14)19(22(27)24-20)10-15-3-5-16-12-23-25-21(16)11-15/h3-6,9-13,24,27H,7-8H2,1-2H3. The minimum Gasteiger partial charge on any atom is -0.494 e. The van der Waals surface area contributed by atoms with E-state index < -0.39 is 0 Å². The highest BCUT2D eigenvalue weighted by atomic mass is 16.3. The summed E-state index contributed by atoms with van der Waals surface area (Å²) in [4.78, 5) is 15.2. The average molecular weight is 359 g/mol. The fourth-order valence-corrected chi connectivity index (χ4v) is 3.42. The minimum absolute atomic E-state index is 0.115. The van der Waals surface area contributed by atoms with Crippen LogP contribution in [0.25, 0.3) is 23.2 Å². The van der Waals surface area contributed by atoms with E-state index in [0.717, 1.165) is 32.6 Å². The van der Waals surface area contributed by atoms with Crippen LogP contribution >= 0.6 is 0 Å². The molecule has 1 aliphatic heterocycles. The van der Waals surface area contributed by atoms with Gasteiger partial charge in [-0.25, -0.2) is 0 Å². The van der Waals surface area contributed by atoms with E-state index >= 15 is 0 Å². The van der Waals surface area contributed by atoms with Crippen LogP contribution in [0, 0.1) is 5.92 Å². The molecule has 1 aliphatic rings. The summed E-state index contributed by atoms with van der Waals surface area (Å²) >= 11 is 0. The number of carbonyl (C=O) groups is 1. The van der Waals surface area contributed by atoms with Crippen LogP contribution in [0.3, 0.4) is 0 Å². The van der Waals surface area contributed by atoms with Crippen molar-refractivity contribution < 1.29 is 9.90 Å². The van der Waals surface area contributed by atoms with Gasteiger partial charge >= 0.3 is 0 Å². The van der Waals surface area contributed by atoms with Crippen LogP contribution in [0.2, 0.25) is 0 Å². The number of hydrogen-bond donors (Lipinski definition) is 2. The number of fused-ring (bicyclic) bond motifs is 2. The molecule has 27 heavy (non-hydrogen) atoms. The van der Waals surface area contributed by atoms with Gasteiger partial charge in [-0.15, -0.1) is 0 Å². The van der Waals surface area contributed by atoms with E-state index in [4.69, 9.17) is 0 Å². The maximum Gasteiger partial charge on any atom is 0.196 e. The Hall–Kier alpha value is -3.21. The number of rotatable bonds is 5. The molecule has 0 unspecified atom stereocenters. The molecule has 0 fully saturated rings. The number of aromatic hydroxyl groups is 1. The second-order valence-electron chi connectivity index (χ2n) is 7.39. The number of hydrogen-bond acceptors (Lipinski definition) is 4. The first kappa shape index (κ1) is 17.2. The maximum atomic E-state index is 12.2. The summed E-state index contributed by atoms with van der Waals surface area (Å²) in [5.41, 5.74) is 3.33. The lowest BCUT2D eigenvalue weighted by Gasteiger charge is -2.04. The van der Waals surface area contributed by atoms with Gasteiger partial charge in [0, 0.05) is 34.5 Å². The van der Waals surface area contributed by atoms with E-state index in [1.807, 2.05) is 56.3 Å². The lowest BCUT2D eigenvalue weighted by atomic mass is 9.99. The lowest BCUT2D eigenvalue weighted by Crippen LogP contribution is -2.07. The van der Waals surface area contributed by atoms with Crippen molar-refractivity contribution in [2.24, 2.45) is 16.1 Å². The predicted molar refractivity (Wildman–Crippen MR) is 106 cm³/mol. The largest absolute Gasteiger partial charge is 0.494 e. The van der Waals surface area contributed by atoms with Crippen molar-refractivity contribution in [3.8, 4) is 5.88 Å². The Balaban J connectivity index is 1.74. The third kappa shape index (κ3) is 3.53. The number of benzene rings is 2. The van der Waals surface area contributed by atoms with Gasteiger partial charge in [0.05, 0.1) is 11.9 Å². The normalized spacial score (nSPS) is 13.4. The Morgan fingerprint density at radius 2 is 2.07 bits per heavy atom. The summed E-state index contributed by atoms with van der Waals surface area (Å²) in [6.07, 6.45) is 4.63. The van der Waals surface area contributed by atoms with Crippen molar-refractivity contribution >= 4 is 34.6 Å². The fourth-order valence-electron chi connectivity index (χ4n) is 3.42. The Kier molecular flexibility index (Phi) is 4.36. The SMILES string of the molecule is CC(C)CC(=O)Cc1ccc2[nH]c(O)c(C=c3ccc4c(c3)N=NC=4)c2c1. The van der Waals surface area contributed by atoms with E-state index in [-0.39, 0.29) is 11.7 Å². The van der Waals surface area contributed by atoms with Crippen LogP contribution in [0.15, 0.2) is 46.6 Å². The molecule has 0 amide bonds. The zero-order chi connectivity index (χ0) is 19.0. The number of H-pyrrole nitrogens is 1. The van der Waals surface area contributed by atoms with Crippen LogP contribution in [-0.2, 0) is 11.2 Å². The maximum absolute atomic E-state index is 12.2. The summed E-state index contributed by atoms with van der Waals surface area (Å²) in [5.74, 6) is 0.704. The zero-order valence-corrected chi connectivity index (χ0v) is 15.4. The topological polar surface area (TPSA) is 77.8 Å². The third-order valence-corrected chi connectivity index (χ3v) is 4.65. The third-order valence-electron chi connectivity index (χ3n) is 4.65. The van der Waals surface area contributed by atoms with Gasteiger partial charge in [-0.05, 0) is 41.0 Å². The van der Waals surface area contributed by atoms with Crippen molar-refractivity contribution in [1.82, 2.24) is 4.98 Å². The van der Waals surface area contributed by atoms with Crippen LogP contribution < -0.4 is 10.4 Å². The molecule has 2 aromatic carbocycles. The Morgan fingerprint density at radius 3 is 2.89 bits per heavy atom. The Morgan fingerprint density at radius 1 is 1.22 bits per heavy atom. The van der Waals surface area contributed by atoms with Crippen molar-refractivity contribution in [3.05, 3.63) is 58.0 Å². The molecule has 5 heteroatoms. The molecule has 0 bridgehead atoms. The van der Waals surface area contributed by atoms with Gasteiger partial charge in [-0.1, -0.05) is 32.0 Å². The van der Waals surface area contributed by atoms with Gasteiger partial charge in [-0.2, -0.15) is 10.2 Å². The number of aromatic nitrogens is 1. The van der Waals surface area contributed by atoms with Gasteiger partial charge in [0.25, 0.3) is 0 Å². The molecule has 3 aromatic rings. The molecule has 2 heterocycles. The van der Waals surface area contributed by atoms with Gasteiger partial charge in [0.15, 0.2) is 5.88 Å². The van der Waals surface area contributed by atoms with Gasteiger partial charge in [-0.3, -0.25) is 4.79 Å². The van der Waals surface area contributed by atoms with E-state index in [1.54, 1.807) is 6.20 Å². The molecule has 4 rings (SSSR count). The highest BCUT2D eigenvalue weighted by molar-refractivity contribution is 5.93. The molecule has 0 atom stereocenters. The number of nitrogens with zero attached hydrogens (tertiary/aromatic N) is 2. The molecule has 0 saturated carbocycles. The molecule has 0 radical (unpaired) electrons. The minimum atomic E-state index is 0.115. The van der Waals surface area contributed by atoms with E-state index in [9.17, 15) is 9.90 Å². The van der Waals surface area contributed by atoms with Gasteiger partial charge in [0.1, 0.15) is 5.78 Å². The molecular weight excluding hydrogens is 338 g/mol. The summed E-state index contributed by atoms with van der Waals surface area (Å²) in [6.45, 7) is 4.10. The molecule has 136 valence electrons. The van der Waals surface area contributed by atoms with E-state index in [0.29, 0.717) is 24.3 Å². The monoisotopic (exact) mass is 359 g/mol. The van der Waals surface area contributed by atoms with E-state index in [1.165, 1.54) is 0 Å².